The van der Waals surface area contributed by atoms with Crippen molar-refractivity contribution in [3.63, 3.8) is 0 Å². The van der Waals surface area contributed by atoms with E-state index < -0.39 is 12.0 Å². The maximum atomic E-state index is 13.6. The number of alkyl halides is 2. The number of pyridine rings is 1. The Hall–Kier alpha value is -2.29. The van der Waals surface area contributed by atoms with Gasteiger partial charge < -0.3 is 4.90 Å². The van der Waals surface area contributed by atoms with E-state index in [4.69, 9.17) is 0 Å². The molecule has 7 nitrogen and oxygen atoms in total. The fourth-order valence-corrected chi connectivity index (χ4v) is 5.51. The Labute approximate surface area is 179 Å². The van der Waals surface area contributed by atoms with Crippen molar-refractivity contribution in [3.8, 4) is 0 Å². The first-order chi connectivity index (χ1) is 15.0. The van der Waals surface area contributed by atoms with Gasteiger partial charge in [-0.25, -0.2) is 8.78 Å². The molecule has 2 aliphatic heterocycles. The van der Waals surface area contributed by atoms with Crippen molar-refractivity contribution in [2.24, 2.45) is 0 Å². The van der Waals surface area contributed by atoms with Gasteiger partial charge in [0, 0.05) is 61.9 Å². The van der Waals surface area contributed by atoms with Gasteiger partial charge in [0.2, 0.25) is 5.91 Å². The van der Waals surface area contributed by atoms with Crippen LogP contribution in [0.2, 0.25) is 0 Å². The Kier molecular flexibility index (Phi) is 5.54. The minimum absolute atomic E-state index is 0.0137. The van der Waals surface area contributed by atoms with Crippen molar-refractivity contribution in [2.45, 2.75) is 70.0 Å². The molecule has 0 unspecified atom stereocenters. The third-order valence-electron chi connectivity index (χ3n) is 7.25. The van der Waals surface area contributed by atoms with Gasteiger partial charge in [-0.1, -0.05) is 12.8 Å². The molecule has 0 N–H and O–H groups in total. The van der Waals surface area contributed by atoms with Gasteiger partial charge in [-0.15, -0.1) is 0 Å². The zero-order chi connectivity index (χ0) is 21.5. The largest absolute Gasteiger partial charge is 0.340 e. The summed E-state index contributed by atoms with van der Waals surface area (Å²) in [4.78, 5) is 29.8. The minimum atomic E-state index is -2.74. The number of fused-ring (bicyclic) bond motifs is 2. The molecular weight excluding hydrogens is 404 g/mol. The summed E-state index contributed by atoms with van der Waals surface area (Å²) in [5.74, 6) is 0.0137. The normalized spacial score (nSPS) is 22.7. The quantitative estimate of drug-likeness (QED) is 0.727. The second kappa shape index (κ2) is 8.33. The predicted octanol–water partition coefficient (Wildman–Crippen LogP) is 2.95. The van der Waals surface area contributed by atoms with Gasteiger partial charge in [0.05, 0.1) is 6.04 Å². The average Bonchev–Trinajstić information content (AvgIpc) is 3.51. The van der Waals surface area contributed by atoms with Gasteiger partial charge >= 0.3 is 0 Å². The van der Waals surface area contributed by atoms with Crippen molar-refractivity contribution in [3.05, 3.63) is 28.2 Å². The summed E-state index contributed by atoms with van der Waals surface area (Å²) in [5, 5.41) is 4.86. The number of carbonyl (C=O) groups excluding carboxylic acids is 1. The van der Waals surface area contributed by atoms with Crippen LogP contribution < -0.4 is 5.56 Å². The molecule has 2 aromatic rings. The highest BCUT2D eigenvalue weighted by atomic mass is 19.3. The maximum absolute atomic E-state index is 13.6. The standard InChI is InChI=1S/C22H29F2N5O2/c23-21(24)17-12-20(31)28(22-18(17)14-29(25-22)15-4-1-2-5-15)9-7-19(30)27-11-10-26-8-3-6-16(26)13-27/h12,14-16,21H,1-11,13H2/t16-/m0/s1. The van der Waals surface area contributed by atoms with Gasteiger partial charge in [-0.05, 0) is 32.2 Å². The third kappa shape index (κ3) is 3.88. The number of carbonyl (C=O) groups is 1. The second-order valence-electron chi connectivity index (χ2n) is 9.10. The number of amides is 1. The predicted molar refractivity (Wildman–Crippen MR) is 112 cm³/mol. The molecule has 0 bridgehead atoms. The smallest absolute Gasteiger partial charge is 0.264 e. The molecule has 31 heavy (non-hydrogen) atoms. The van der Waals surface area contributed by atoms with E-state index in [2.05, 4.69) is 10.00 Å². The topological polar surface area (TPSA) is 63.4 Å². The average molecular weight is 434 g/mol. The van der Waals surface area contributed by atoms with E-state index in [1.54, 1.807) is 10.9 Å². The SMILES string of the molecule is O=C(CCn1c(=O)cc(C(F)F)c2cn(C3CCCC3)nc21)N1CCN2CCC[C@H]2C1. The highest BCUT2D eigenvalue weighted by Crippen LogP contribution is 2.32. The minimum Gasteiger partial charge on any atom is -0.340 e. The molecule has 3 fully saturated rings. The van der Waals surface area contributed by atoms with E-state index in [0.29, 0.717) is 18.0 Å². The fraction of sp³-hybridized carbons (Fsp3) is 0.682. The summed E-state index contributed by atoms with van der Waals surface area (Å²) in [7, 11) is 0. The van der Waals surface area contributed by atoms with Gasteiger partial charge in [0.15, 0.2) is 5.65 Å². The molecule has 0 radical (unpaired) electrons. The van der Waals surface area contributed by atoms with Gasteiger partial charge in [0.1, 0.15) is 0 Å². The van der Waals surface area contributed by atoms with Crippen LogP contribution in [-0.4, -0.2) is 62.3 Å². The molecule has 2 saturated heterocycles. The highest BCUT2D eigenvalue weighted by Gasteiger charge is 2.32. The van der Waals surface area contributed by atoms with Crippen LogP contribution in [0.5, 0.6) is 0 Å². The molecule has 3 aliphatic rings. The van der Waals surface area contributed by atoms with Gasteiger partial charge in [-0.2, -0.15) is 5.10 Å². The molecule has 1 aliphatic carbocycles. The van der Waals surface area contributed by atoms with E-state index in [1.165, 1.54) is 11.0 Å². The van der Waals surface area contributed by atoms with Crippen LogP contribution in [-0.2, 0) is 11.3 Å². The summed E-state index contributed by atoms with van der Waals surface area (Å²) in [6.07, 6.45) is 5.52. The van der Waals surface area contributed by atoms with Crippen molar-refractivity contribution in [1.82, 2.24) is 24.1 Å². The van der Waals surface area contributed by atoms with Crippen molar-refractivity contribution in [1.29, 1.82) is 0 Å². The Morgan fingerprint density at radius 2 is 1.87 bits per heavy atom. The number of piperazine rings is 1. The summed E-state index contributed by atoms with van der Waals surface area (Å²) in [6.45, 7) is 3.62. The van der Waals surface area contributed by atoms with Gasteiger partial charge in [-0.3, -0.25) is 23.7 Å². The molecule has 4 heterocycles. The molecule has 1 saturated carbocycles. The second-order valence-corrected chi connectivity index (χ2v) is 9.10. The molecule has 0 aromatic carbocycles. The van der Waals surface area contributed by atoms with Crippen LogP contribution in [0.4, 0.5) is 8.78 Å². The zero-order valence-corrected chi connectivity index (χ0v) is 17.7. The summed E-state index contributed by atoms with van der Waals surface area (Å²) in [6, 6.07) is 1.64. The number of aromatic nitrogens is 3. The lowest BCUT2D eigenvalue weighted by molar-refractivity contribution is -0.134. The first-order valence-electron chi connectivity index (χ1n) is 11.4. The fourth-order valence-electron chi connectivity index (χ4n) is 5.51. The lowest BCUT2D eigenvalue weighted by atomic mass is 10.1. The molecule has 0 spiro atoms. The Morgan fingerprint density at radius 1 is 1.10 bits per heavy atom. The van der Waals surface area contributed by atoms with Crippen LogP contribution in [0.1, 0.15) is 63.0 Å². The van der Waals surface area contributed by atoms with E-state index in [-0.39, 0.29) is 36.1 Å². The Morgan fingerprint density at radius 3 is 2.65 bits per heavy atom. The molecule has 1 amide bonds. The third-order valence-corrected chi connectivity index (χ3v) is 7.25. The van der Waals surface area contributed by atoms with E-state index >= 15 is 0 Å². The lowest BCUT2D eigenvalue weighted by Crippen LogP contribution is -2.52. The van der Waals surface area contributed by atoms with Crippen LogP contribution in [0, 0.1) is 0 Å². The molecule has 168 valence electrons. The molecule has 9 heteroatoms. The molecule has 1 atom stereocenters. The zero-order valence-electron chi connectivity index (χ0n) is 17.7. The van der Waals surface area contributed by atoms with Crippen molar-refractivity contribution in [2.75, 3.05) is 26.2 Å². The lowest BCUT2D eigenvalue weighted by Gasteiger charge is -2.37. The first-order valence-corrected chi connectivity index (χ1v) is 11.4. The maximum Gasteiger partial charge on any atom is 0.264 e. The number of halogens is 2. The molecule has 5 rings (SSSR count). The summed E-state index contributed by atoms with van der Waals surface area (Å²) < 4.78 is 30.4. The van der Waals surface area contributed by atoms with E-state index in [1.807, 2.05) is 4.90 Å². The number of hydrogen-bond donors (Lipinski definition) is 0. The monoisotopic (exact) mass is 433 g/mol. The number of aryl methyl sites for hydroxylation is 1. The van der Waals surface area contributed by atoms with Crippen LogP contribution >= 0.6 is 0 Å². The Balaban J connectivity index is 1.38. The van der Waals surface area contributed by atoms with Gasteiger partial charge in [0.25, 0.3) is 12.0 Å². The van der Waals surface area contributed by atoms with Crippen LogP contribution in [0.15, 0.2) is 17.1 Å². The van der Waals surface area contributed by atoms with Crippen molar-refractivity contribution < 1.29 is 13.6 Å². The summed E-state index contributed by atoms with van der Waals surface area (Å²) >= 11 is 0. The first kappa shape index (κ1) is 20.6. The van der Waals surface area contributed by atoms with E-state index in [0.717, 1.165) is 57.8 Å². The molecular formula is C22H29F2N5O2. The van der Waals surface area contributed by atoms with Crippen molar-refractivity contribution >= 4 is 16.9 Å². The number of hydrogen-bond acceptors (Lipinski definition) is 4. The highest BCUT2D eigenvalue weighted by molar-refractivity contribution is 5.80. The van der Waals surface area contributed by atoms with Crippen LogP contribution in [0.25, 0.3) is 11.0 Å². The van der Waals surface area contributed by atoms with Crippen LogP contribution in [0.3, 0.4) is 0 Å². The number of rotatable bonds is 5. The number of nitrogens with zero attached hydrogens (tertiary/aromatic N) is 5. The van der Waals surface area contributed by atoms with E-state index in [9.17, 15) is 18.4 Å². The Bertz CT molecular complexity index is 1030. The summed E-state index contributed by atoms with van der Waals surface area (Å²) in [5.41, 5.74) is -0.528. The molecule has 2 aromatic heterocycles.